The molecule has 0 atom stereocenters. The lowest BCUT2D eigenvalue weighted by Gasteiger charge is -2.34. The van der Waals surface area contributed by atoms with Gasteiger partial charge < -0.3 is 15.1 Å². The molecular weight excluding hydrogens is 526 g/mol. The van der Waals surface area contributed by atoms with E-state index in [0.717, 1.165) is 22.4 Å². The first-order valence-corrected chi connectivity index (χ1v) is 12.7. The Morgan fingerprint density at radius 3 is 2.38 bits per heavy atom. The van der Waals surface area contributed by atoms with Gasteiger partial charge in [0.2, 0.25) is 0 Å². The highest BCUT2D eigenvalue weighted by molar-refractivity contribution is 6.05. The third kappa shape index (κ3) is 6.13. The lowest BCUT2D eigenvalue weighted by Crippen LogP contribution is -2.45. The largest absolute Gasteiger partial charge is 0.419 e. The number of amides is 1. The summed E-state index contributed by atoms with van der Waals surface area (Å²) in [5.74, 6) is 4.33. The highest BCUT2D eigenvalue weighted by atomic mass is 19.4. The first-order valence-electron chi connectivity index (χ1n) is 12.7. The Bertz CT molecular complexity index is 1440. The molecule has 3 aromatic rings. The molecule has 40 heavy (non-hydrogen) atoms. The van der Waals surface area contributed by atoms with Crippen LogP contribution in [0.2, 0.25) is 0 Å². The van der Waals surface area contributed by atoms with Crippen LogP contribution in [0.15, 0.2) is 42.7 Å². The molecule has 2 aromatic carbocycles. The van der Waals surface area contributed by atoms with E-state index in [1.807, 2.05) is 39.8 Å². The second kappa shape index (κ2) is 11.3. The van der Waals surface area contributed by atoms with E-state index in [4.69, 9.17) is 5.84 Å². The number of allylic oxidation sites excluding steroid dienone is 1. The van der Waals surface area contributed by atoms with E-state index in [0.29, 0.717) is 37.9 Å². The summed E-state index contributed by atoms with van der Waals surface area (Å²) in [5, 5.41) is 8.15. The fourth-order valence-corrected chi connectivity index (χ4v) is 4.63. The third-order valence-corrected chi connectivity index (χ3v) is 7.20. The van der Waals surface area contributed by atoms with E-state index in [9.17, 15) is 18.0 Å². The molecule has 3 N–H and O–H groups in total. The zero-order valence-electron chi connectivity index (χ0n) is 23.1. The number of benzene rings is 2. The number of piperazine rings is 1. The molecule has 0 radical (unpaired) electrons. The van der Waals surface area contributed by atoms with Crippen molar-refractivity contribution >= 4 is 28.5 Å². The van der Waals surface area contributed by atoms with E-state index in [1.54, 1.807) is 40.2 Å². The number of nitrogens with two attached hydrogens (primary N) is 1. The molecule has 0 bridgehead atoms. The fourth-order valence-electron chi connectivity index (χ4n) is 4.63. The molecule has 0 spiro atoms. The number of aryl methyl sites for hydroxylation is 2. The van der Waals surface area contributed by atoms with E-state index < -0.39 is 23.5 Å². The number of anilines is 3. The molecule has 8 nitrogen and oxygen atoms in total. The zero-order valence-corrected chi connectivity index (χ0v) is 23.1. The van der Waals surface area contributed by atoms with Crippen LogP contribution in [0.25, 0.3) is 5.57 Å². The molecule has 1 aromatic heterocycles. The molecule has 1 aliphatic heterocycles. The number of alkyl halides is 3. The van der Waals surface area contributed by atoms with Gasteiger partial charge in [-0.2, -0.15) is 18.3 Å². The normalized spacial score (nSPS) is 14.9. The highest BCUT2D eigenvalue weighted by Gasteiger charge is 2.37. The van der Waals surface area contributed by atoms with Crippen molar-refractivity contribution in [2.45, 2.75) is 26.9 Å². The van der Waals surface area contributed by atoms with Gasteiger partial charge in [-0.25, -0.2) is 10.2 Å². The molecule has 1 aliphatic rings. The van der Waals surface area contributed by atoms with Crippen molar-refractivity contribution in [3.63, 3.8) is 0 Å². The average Bonchev–Trinajstić information content (AvgIpc) is 3.23. The number of halogens is 4. The van der Waals surface area contributed by atoms with Gasteiger partial charge in [-0.15, -0.1) is 0 Å². The van der Waals surface area contributed by atoms with Gasteiger partial charge in [-0.1, -0.05) is 6.07 Å². The van der Waals surface area contributed by atoms with Gasteiger partial charge in [0.05, 0.1) is 23.1 Å². The first kappa shape index (κ1) is 29.1. The molecule has 0 unspecified atom stereocenters. The van der Waals surface area contributed by atoms with Gasteiger partial charge in [0, 0.05) is 61.9 Å². The average molecular weight is 560 g/mol. The van der Waals surface area contributed by atoms with E-state index >= 15 is 4.39 Å². The topological polar surface area (TPSA) is 82.7 Å². The van der Waals surface area contributed by atoms with Crippen molar-refractivity contribution in [3.8, 4) is 0 Å². The van der Waals surface area contributed by atoms with Crippen LogP contribution in [-0.4, -0.2) is 53.8 Å². The molecule has 12 heteroatoms. The molecule has 1 amide bonds. The minimum Gasteiger partial charge on any atom is -0.367 e. The molecule has 4 rings (SSSR count). The fraction of sp³-hybridized carbons (Fsp3) is 0.357. The number of hydrazine groups is 1. The van der Waals surface area contributed by atoms with E-state index in [-0.39, 0.29) is 16.9 Å². The Morgan fingerprint density at radius 2 is 1.77 bits per heavy atom. The zero-order chi connectivity index (χ0) is 29.4. The van der Waals surface area contributed by atoms with Crippen LogP contribution in [0, 0.1) is 19.7 Å². The van der Waals surface area contributed by atoms with Crippen LogP contribution in [0.1, 0.15) is 39.7 Å². The monoisotopic (exact) mass is 559 g/mol. The molecule has 0 aliphatic carbocycles. The molecule has 1 fully saturated rings. The third-order valence-electron chi connectivity index (χ3n) is 7.20. The standard InChI is InChI=1S/C28H33F4N7O/c1-17-6-7-20(12-24(17)39(33)16-18(2)22-15-34-37(5)19(22)3)27(40)35-21-13-23(28(30,31)32)26(29)25(14-21)38-10-8-36(4)9-11-38/h6-7,12-16H,8-11,33H2,1-5H3,(H,35,40)/b18-16+. The van der Waals surface area contributed by atoms with Crippen LogP contribution in [0.3, 0.4) is 0 Å². The minimum atomic E-state index is -4.93. The number of nitrogens with zero attached hydrogens (tertiary/aromatic N) is 5. The summed E-state index contributed by atoms with van der Waals surface area (Å²) in [4.78, 5) is 16.7. The van der Waals surface area contributed by atoms with Gasteiger partial charge >= 0.3 is 6.18 Å². The van der Waals surface area contributed by atoms with Crippen LogP contribution < -0.4 is 21.1 Å². The maximum atomic E-state index is 15.0. The highest BCUT2D eigenvalue weighted by Crippen LogP contribution is 2.38. The Kier molecular flexibility index (Phi) is 8.22. The summed E-state index contributed by atoms with van der Waals surface area (Å²) in [6, 6.07) is 6.68. The summed E-state index contributed by atoms with van der Waals surface area (Å²) in [6.45, 7) is 7.53. The number of nitrogens with one attached hydrogen (secondary N) is 1. The summed E-state index contributed by atoms with van der Waals surface area (Å²) < 4.78 is 57.9. The molecule has 1 saturated heterocycles. The SMILES string of the molecule is C/C(=C\N(N)c1cc(C(=O)Nc2cc(N3CCN(C)CC3)c(F)c(C(F)(F)F)c2)ccc1C)c1cnn(C)c1C. The second-order valence-corrected chi connectivity index (χ2v) is 10.1. The number of likely N-dealkylation sites (N-methyl/N-ethyl adjacent to an activating group) is 1. The number of hydrogen-bond acceptors (Lipinski definition) is 6. The van der Waals surface area contributed by atoms with E-state index in [2.05, 4.69) is 10.4 Å². The number of carbonyl (C=O) groups is 1. The maximum Gasteiger partial charge on any atom is 0.419 e. The first-order chi connectivity index (χ1) is 18.8. The number of hydrogen-bond donors (Lipinski definition) is 2. The Morgan fingerprint density at radius 1 is 1.10 bits per heavy atom. The van der Waals surface area contributed by atoms with Gasteiger partial charge in [-0.3, -0.25) is 14.5 Å². The minimum absolute atomic E-state index is 0.151. The van der Waals surface area contributed by atoms with Crippen molar-refractivity contribution in [2.24, 2.45) is 12.9 Å². The summed E-state index contributed by atoms with van der Waals surface area (Å²) in [6.07, 6.45) is -1.48. The van der Waals surface area contributed by atoms with Gasteiger partial charge in [-0.05, 0) is 63.2 Å². The molecule has 214 valence electrons. The Hall–Kier alpha value is -3.90. The van der Waals surface area contributed by atoms with Crippen LogP contribution in [-0.2, 0) is 13.2 Å². The summed E-state index contributed by atoms with van der Waals surface area (Å²) >= 11 is 0. The summed E-state index contributed by atoms with van der Waals surface area (Å²) in [5.41, 5.74) is 2.44. The Labute approximate surface area is 230 Å². The van der Waals surface area contributed by atoms with Crippen LogP contribution >= 0.6 is 0 Å². The van der Waals surface area contributed by atoms with E-state index in [1.165, 1.54) is 11.1 Å². The van der Waals surface area contributed by atoms with Crippen molar-refractivity contribution in [1.82, 2.24) is 14.7 Å². The predicted molar refractivity (Wildman–Crippen MR) is 149 cm³/mol. The van der Waals surface area contributed by atoms with Crippen molar-refractivity contribution in [1.29, 1.82) is 0 Å². The molecule has 0 saturated carbocycles. The van der Waals surface area contributed by atoms with Gasteiger partial charge in [0.25, 0.3) is 5.91 Å². The number of carbonyl (C=O) groups excluding carboxylic acids is 1. The number of rotatable bonds is 6. The predicted octanol–water partition coefficient (Wildman–Crippen LogP) is 4.94. The smallest absolute Gasteiger partial charge is 0.367 e. The van der Waals surface area contributed by atoms with Gasteiger partial charge in [0.1, 0.15) is 0 Å². The Balaban J connectivity index is 1.62. The maximum absolute atomic E-state index is 15.0. The van der Waals surface area contributed by atoms with Gasteiger partial charge in [0.15, 0.2) is 5.82 Å². The summed E-state index contributed by atoms with van der Waals surface area (Å²) in [7, 11) is 3.73. The quantitative estimate of drug-likeness (QED) is 0.253. The number of aromatic nitrogens is 2. The molecular formula is C28H33F4N7O. The lowest BCUT2D eigenvalue weighted by molar-refractivity contribution is -0.139. The van der Waals surface area contributed by atoms with Crippen LogP contribution in [0.4, 0.5) is 34.6 Å². The molecule has 2 heterocycles. The lowest BCUT2D eigenvalue weighted by atomic mass is 10.1. The van der Waals surface area contributed by atoms with Crippen molar-refractivity contribution in [3.05, 3.63) is 76.5 Å². The van der Waals surface area contributed by atoms with Crippen molar-refractivity contribution < 1.29 is 22.4 Å². The van der Waals surface area contributed by atoms with Crippen LogP contribution in [0.5, 0.6) is 0 Å². The van der Waals surface area contributed by atoms with Crippen molar-refractivity contribution in [2.75, 3.05) is 48.5 Å². The second-order valence-electron chi connectivity index (χ2n) is 10.1.